The Balaban J connectivity index is 1.30. The molecule has 4 saturated carbocycles. The van der Waals surface area contributed by atoms with Crippen LogP contribution in [0.2, 0.25) is 0 Å². The van der Waals surface area contributed by atoms with E-state index >= 15 is 0 Å². The van der Waals surface area contributed by atoms with E-state index in [1.54, 1.807) is 0 Å². The molecule has 8 atom stereocenters. The van der Waals surface area contributed by atoms with Gasteiger partial charge < -0.3 is 15.3 Å². The largest absolute Gasteiger partial charge is 0.393 e. The quantitative estimate of drug-likeness (QED) is 0.438. The molecule has 0 amide bonds. The van der Waals surface area contributed by atoms with Gasteiger partial charge in [-0.1, -0.05) is 48.5 Å². The molecule has 0 aromatic heterocycles. The predicted molar refractivity (Wildman–Crippen MR) is 169 cm³/mol. The second kappa shape index (κ2) is 10.1. The van der Waals surface area contributed by atoms with E-state index in [1.165, 1.54) is 24.8 Å². The molecule has 42 heavy (non-hydrogen) atoms. The normalized spacial score (nSPS) is 46.6. The van der Waals surface area contributed by atoms with Crippen LogP contribution in [0.3, 0.4) is 0 Å². The first kappa shape index (κ1) is 31.2. The van der Waals surface area contributed by atoms with Crippen LogP contribution in [0.4, 0.5) is 0 Å². The van der Waals surface area contributed by atoms with Crippen molar-refractivity contribution >= 4 is 15.6 Å². The molecule has 5 fully saturated rings. The number of rotatable bonds is 5. The maximum atomic E-state index is 13.8. The third-order valence-corrected chi connectivity index (χ3v) is 16.3. The summed E-state index contributed by atoms with van der Waals surface area (Å²) in [6.07, 6.45) is 9.38. The minimum Gasteiger partial charge on any atom is -0.393 e. The van der Waals surface area contributed by atoms with Crippen molar-refractivity contribution in [2.75, 3.05) is 37.7 Å². The van der Waals surface area contributed by atoms with Gasteiger partial charge in [0.05, 0.1) is 17.6 Å². The molecule has 5 aliphatic carbocycles. The molecule has 6 rings (SSSR count). The number of Topliss-reactive ketones (excluding diaryl/α,β-unsaturated/α-hetero) is 1. The minimum absolute atomic E-state index is 0.0402. The zero-order chi connectivity index (χ0) is 30.5. The molecule has 238 valence electrons. The van der Waals surface area contributed by atoms with Crippen LogP contribution in [-0.2, 0) is 14.6 Å². The molecule has 1 saturated heterocycles. The van der Waals surface area contributed by atoms with Crippen LogP contribution >= 0.6 is 0 Å². The number of hydrogen-bond acceptors (Lipinski definition) is 6. The van der Waals surface area contributed by atoms with Crippen LogP contribution in [0.25, 0.3) is 0 Å². The Kier molecular flexibility index (Phi) is 7.53. The second-order valence-corrected chi connectivity index (χ2v) is 19.4. The van der Waals surface area contributed by atoms with Gasteiger partial charge in [-0.3, -0.25) is 4.79 Å². The third kappa shape index (κ3) is 4.40. The van der Waals surface area contributed by atoms with Crippen molar-refractivity contribution in [1.29, 1.82) is 0 Å². The molecule has 0 radical (unpaired) electrons. The van der Waals surface area contributed by atoms with Crippen molar-refractivity contribution in [2.24, 2.45) is 45.3 Å². The van der Waals surface area contributed by atoms with E-state index < -0.39 is 9.84 Å². The average Bonchev–Trinajstić information content (AvgIpc) is 3.20. The molecule has 0 aromatic rings. The highest BCUT2D eigenvalue weighted by molar-refractivity contribution is 7.91. The summed E-state index contributed by atoms with van der Waals surface area (Å²) in [6.45, 7) is 19.7. The summed E-state index contributed by atoms with van der Waals surface area (Å²) in [4.78, 5) is 16.1. The highest BCUT2D eigenvalue weighted by atomic mass is 32.2. The lowest BCUT2D eigenvalue weighted by atomic mass is 9.33. The molecule has 1 heterocycles. The molecule has 1 unspecified atom stereocenters. The summed E-state index contributed by atoms with van der Waals surface area (Å²) in [5.41, 5.74) is 2.91. The first-order valence-corrected chi connectivity index (χ1v) is 19.0. The standard InChI is InChI=1S/C35H58N2O4S/c1-23(2)29-25(38)22-35(36-16-17-37-18-20-42(40,41)21-19-37)15-14-33(6)24(30(29)35)8-9-27-32(5)12-11-28(39)31(3,4)26(32)10-13-34(27,33)7/h23-24,26-28,36,39H,8-22H2,1-7H3/t24-,26+,27-,28?,32+,33-,34-,35-/m1/s1. The van der Waals surface area contributed by atoms with Crippen molar-refractivity contribution in [3.63, 3.8) is 0 Å². The first-order valence-electron chi connectivity index (χ1n) is 17.1. The number of fused-ring (bicyclic) bond motifs is 7. The lowest BCUT2D eigenvalue weighted by Crippen LogP contribution is -2.67. The van der Waals surface area contributed by atoms with Crippen molar-refractivity contribution < 1.29 is 18.3 Å². The molecule has 6 nitrogen and oxygen atoms in total. The molecule has 6 aliphatic rings. The lowest BCUT2D eigenvalue weighted by molar-refractivity contribution is -0.227. The van der Waals surface area contributed by atoms with Gasteiger partial charge in [-0.05, 0) is 108 Å². The maximum absolute atomic E-state index is 13.8. The van der Waals surface area contributed by atoms with Crippen LogP contribution in [0, 0.1) is 45.3 Å². The molecule has 0 bridgehead atoms. The van der Waals surface area contributed by atoms with E-state index in [0.717, 1.165) is 50.8 Å². The fraction of sp³-hybridized carbons (Fsp3) is 0.914. The lowest BCUT2D eigenvalue weighted by Gasteiger charge is -2.72. The van der Waals surface area contributed by atoms with Crippen LogP contribution in [0.1, 0.15) is 106 Å². The van der Waals surface area contributed by atoms with Gasteiger partial charge in [0.25, 0.3) is 0 Å². The number of aliphatic hydroxyl groups is 1. The third-order valence-electron chi connectivity index (χ3n) is 14.7. The number of hydrogen-bond donors (Lipinski definition) is 2. The predicted octanol–water partition coefficient (Wildman–Crippen LogP) is 5.40. The van der Waals surface area contributed by atoms with Gasteiger partial charge >= 0.3 is 0 Å². The number of ketones is 1. The smallest absolute Gasteiger partial charge is 0.161 e. The first-order chi connectivity index (χ1) is 19.5. The number of carbonyl (C=O) groups is 1. The molecule has 0 spiro atoms. The number of sulfone groups is 1. The van der Waals surface area contributed by atoms with Crippen LogP contribution in [0.5, 0.6) is 0 Å². The Bertz CT molecular complexity index is 1240. The average molecular weight is 603 g/mol. The Labute approximate surface area is 255 Å². The molecule has 1 aliphatic heterocycles. The summed E-state index contributed by atoms with van der Waals surface area (Å²) in [5, 5.41) is 15.0. The monoisotopic (exact) mass is 602 g/mol. The molecule has 7 heteroatoms. The zero-order valence-corrected chi connectivity index (χ0v) is 28.3. The van der Waals surface area contributed by atoms with Crippen molar-refractivity contribution in [3.8, 4) is 0 Å². The Hall–Kier alpha value is -0.760. The second-order valence-electron chi connectivity index (χ2n) is 17.1. The van der Waals surface area contributed by atoms with Gasteiger partial charge in [0.15, 0.2) is 15.6 Å². The van der Waals surface area contributed by atoms with E-state index in [9.17, 15) is 18.3 Å². The summed E-state index contributed by atoms with van der Waals surface area (Å²) in [6, 6.07) is 0. The molecule has 0 aromatic carbocycles. The fourth-order valence-corrected chi connectivity index (χ4v) is 13.5. The van der Waals surface area contributed by atoms with Crippen LogP contribution in [-0.4, -0.2) is 73.5 Å². The Morgan fingerprint density at radius 1 is 0.905 bits per heavy atom. The van der Waals surface area contributed by atoms with Crippen molar-refractivity contribution in [1.82, 2.24) is 10.2 Å². The highest BCUT2D eigenvalue weighted by Gasteiger charge is 2.69. The van der Waals surface area contributed by atoms with Gasteiger partial charge in [0.1, 0.15) is 0 Å². The minimum atomic E-state index is -2.88. The topological polar surface area (TPSA) is 86.7 Å². The van der Waals surface area contributed by atoms with Crippen molar-refractivity contribution in [3.05, 3.63) is 11.1 Å². The van der Waals surface area contributed by atoms with Crippen LogP contribution in [0.15, 0.2) is 11.1 Å². The zero-order valence-electron chi connectivity index (χ0n) is 27.5. The summed E-state index contributed by atoms with van der Waals surface area (Å²) >= 11 is 0. The summed E-state index contributed by atoms with van der Waals surface area (Å²) in [7, 11) is -2.88. The summed E-state index contributed by atoms with van der Waals surface area (Å²) < 4.78 is 23.9. The maximum Gasteiger partial charge on any atom is 0.161 e. The molecular weight excluding hydrogens is 544 g/mol. The van der Waals surface area contributed by atoms with Crippen LogP contribution < -0.4 is 5.32 Å². The van der Waals surface area contributed by atoms with Gasteiger partial charge in [0.2, 0.25) is 0 Å². The molecular formula is C35H58N2O4S. The van der Waals surface area contributed by atoms with Gasteiger partial charge in [-0.15, -0.1) is 0 Å². The van der Waals surface area contributed by atoms with E-state index in [4.69, 9.17) is 0 Å². The molecule has 2 N–H and O–H groups in total. The number of carbonyl (C=O) groups excluding carboxylic acids is 1. The van der Waals surface area contributed by atoms with E-state index in [1.807, 2.05) is 0 Å². The van der Waals surface area contributed by atoms with E-state index in [-0.39, 0.29) is 50.7 Å². The van der Waals surface area contributed by atoms with Crippen molar-refractivity contribution in [2.45, 2.75) is 118 Å². The van der Waals surface area contributed by atoms with Gasteiger partial charge in [-0.2, -0.15) is 0 Å². The SMILES string of the molecule is CC(C)C1=C2[C@H]3CC[C@@H]4[C@@]5(C)CCC(O)C(C)(C)[C@@H]5CC[C@@]4(C)[C@]3(C)CC[C@@]2(NCCN2CCS(=O)(=O)CC2)CC1=O. The highest BCUT2D eigenvalue weighted by Crippen LogP contribution is 2.75. The number of nitrogens with one attached hydrogen (secondary N) is 1. The fourth-order valence-electron chi connectivity index (χ4n) is 12.2. The van der Waals surface area contributed by atoms with Gasteiger partial charge in [-0.25, -0.2) is 8.42 Å². The summed E-state index contributed by atoms with van der Waals surface area (Å²) in [5.74, 6) is 2.72. The Morgan fingerprint density at radius 2 is 1.60 bits per heavy atom. The van der Waals surface area contributed by atoms with Gasteiger partial charge in [0, 0.05) is 38.1 Å². The number of allylic oxidation sites excluding steroid dienone is 1. The Morgan fingerprint density at radius 3 is 2.26 bits per heavy atom. The number of nitrogens with zero attached hydrogens (tertiary/aromatic N) is 1. The van der Waals surface area contributed by atoms with E-state index in [0.29, 0.717) is 43.0 Å². The number of aliphatic hydroxyl groups excluding tert-OH is 1. The van der Waals surface area contributed by atoms with E-state index in [2.05, 4.69) is 58.7 Å².